The molecule has 0 aliphatic carbocycles. The van der Waals surface area contributed by atoms with Gasteiger partial charge in [-0.1, -0.05) is 20.8 Å². The first-order valence-corrected chi connectivity index (χ1v) is 7.40. The van der Waals surface area contributed by atoms with E-state index in [0.29, 0.717) is 0 Å². The minimum atomic E-state index is -1.76. The van der Waals surface area contributed by atoms with E-state index in [1.165, 1.54) is 20.8 Å². The molecule has 0 saturated heterocycles. The third kappa shape index (κ3) is 4.65. The standard InChI is InChI=1S/C16H21FN2O6/c1-15(2,3)11-9(19(23)24)7-8-10(12(11)17)18(13(20)21)14(22)25-16(4,5)6/h7-8H,1-6H3,(H,20,21). The lowest BCUT2D eigenvalue weighted by atomic mass is 9.85. The van der Waals surface area contributed by atoms with Gasteiger partial charge in [-0.3, -0.25) is 10.1 Å². The van der Waals surface area contributed by atoms with Crippen molar-refractivity contribution in [1.29, 1.82) is 0 Å². The average Bonchev–Trinajstić information content (AvgIpc) is 2.36. The highest BCUT2D eigenvalue weighted by Crippen LogP contribution is 2.38. The van der Waals surface area contributed by atoms with Gasteiger partial charge in [0.25, 0.3) is 5.69 Å². The predicted molar refractivity (Wildman–Crippen MR) is 88.5 cm³/mol. The molecule has 0 heterocycles. The third-order valence-electron chi connectivity index (χ3n) is 3.05. The Hall–Kier alpha value is -2.71. The van der Waals surface area contributed by atoms with Crippen molar-refractivity contribution in [3.8, 4) is 0 Å². The highest BCUT2D eigenvalue weighted by atomic mass is 19.1. The number of nitrogens with zero attached hydrogens (tertiary/aromatic N) is 2. The van der Waals surface area contributed by atoms with Gasteiger partial charge in [-0.05, 0) is 32.3 Å². The Bertz CT molecular complexity index is 719. The van der Waals surface area contributed by atoms with E-state index in [1.807, 2.05) is 0 Å². The molecule has 0 radical (unpaired) electrons. The Balaban J connectivity index is 3.61. The van der Waals surface area contributed by atoms with Gasteiger partial charge >= 0.3 is 12.2 Å². The number of hydrogen-bond acceptors (Lipinski definition) is 5. The highest BCUT2D eigenvalue weighted by Gasteiger charge is 2.36. The van der Waals surface area contributed by atoms with Crippen molar-refractivity contribution in [1.82, 2.24) is 0 Å². The summed E-state index contributed by atoms with van der Waals surface area (Å²) in [5, 5.41) is 20.5. The van der Waals surface area contributed by atoms with Crippen molar-refractivity contribution < 1.29 is 28.7 Å². The SMILES string of the molecule is CC(C)(C)OC(=O)N(C(=O)O)c1ccc([N+](=O)[O-])c(C(C)(C)C)c1F. The molecular weight excluding hydrogens is 335 g/mol. The number of rotatable bonds is 2. The molecule has 1 aromatic carbocycles. The number of nitro groups is 1. The molecule has 9 heteroatoms. The van der Waals surface area contributed by atoms with Crippen molar-refractivity contribution in [3.63, 3.8) is 0 Å². The zero-order valence-electron chi connectivity index (χ0n) is 14.9. The Morgan fingerprint density at radius 2 is 1.72 bits per heavy atom. The second-order valence-electron chi connectivity index (χ2n) is 7.40. The van der Waals surface area contributed by atoms with E-state index in [9.17, 15) is 29.2 Å². The Morgan fingerprint density at radius 3 is 2.08 bits per heavy atom. The van der Waals surface area contributed by atoms with Gasteiger partial charge in [0.05, 0.1) is 16.2 Å². The topological polar surface area (TPSA) is 110 Å². The summed E-state index contributed by atoms with van der Waals surface area (Å²) < 4.78 is 20.0. The smallest absolute Gasteiger partial charge is 0.424 e. The molecule has 0 aliphatic rings. The Labute approximate surface area is 144 Å². The monoisotopic (exact) mass is 356 g/mol. The van der Waals surface area contributed by atoms with Crippen molar-refractivity contribution in [3.05, 3.63) is 33.6 Å². The number of benzene rings is 1. The highest BCUT2D eigenvalue weighted by molar-refractivity contribution is 6.09. The number of amides is 2. The summed E-state index contributed by atoms with van der Waals surface area (Å²) in [6.07, 6.45) is -3.06. The lowest BCUT2D eigenvalue weighted by molar-refractivity contribution is -0.386. The second kappa shape index (κ2) is 6.66. The van der Waals surface area contributed by atoms with E-state index in [-0.39, 0.29) is 10.5 Å². The van der Waals surface area contributed by atoms with Gasteiger partial charge in [0.2, 0.25) is 0 Å². The molecule has 1 N–H and O–H groups in total. The van der Waals surface area contributed by atoms with Crippen molar-refractivity contribution >= 4 is 23.6 Å². The molecule has 0 aliphatic heterocycles. The van der Waals surface area contributed by atoms with E-state index in [4.69, 9.17) is 4.74 Å². The van der Waals surface area contributed by atoms with E-state index in [2.05, 4.69) is 0 Å². The quantitative estimate of drug-likeness (QED) is 0.619. The van der Waals surface area contributed by atoms with E-state index < -0.39 is 45.3 Å². The summed E-state index contributed by atoms with van der Waals surface area (Å²) in [6.45, 7) is 9.20. The van der Waals surface area contributed by atoms with Crippen LogP contribution in [-0.4, -0.2) is 27.8 Å². The van der Waals surface area contributed by atoms with Gasteiger partial charge in [-0.15, -0.1) is 0 Å². The number of anilines is 1. The maximum absolute atomic E-state index is 15.0. The molecular formula is C16H21FN2O6. The molecule has 0 bridgehead atoms. The van der Waals surface area contributed by atoms with Crippen LogP contribution < -0.4 is 4.90 Å². The fourth-order valence-electron chi connectivity index (χ4n) is 2.18. The zero-order chi connectivity index (χ0) is 19.7. The van der Waals surface area contributed by atoms with Crippen molar-refractivity contribution in [2.45, 2.75) is 52.6 Å². The number of imide groups is 1. The van der Waals surface area contributed by atoms with Crippen LogP contribution >= 0.6 is 0 Å². The Morgan fingerprint density at radius 1 is 1.20 bits per heavy atom. The van der Waals surface area contributed by atoms with E-state index >= 15 is 0 Å². The fraction of sp³-hybridized carbons (Fsp3) is 0.500. The summed E-state index contributed by atoms with van der Waals surface area (Å²) >= 11 is 0. The van der Waals surface area contributed by atoms with Crippen LogP contribution in [0.4, 0.5) is 25.4 Å². The zero-order valence-corrected chi connectivity index (χ0v) is 14.9. The van der Waals surface area contributed by atoms with Crippen LogP contribution in [0.2, 0.25) is 0 Å². The number of ether oxygens (including phenoxy) is 1. The van der Waals surface area contributed by atoms with Crippen LogP contribution in [0.1, 0.15) is 47.1 Å². The minimum Gasteiger partial charge on any atom is -0.464 e. The van der Waals surface area contributed by atoms with Crippen LogP contribution in [0.5, 0.6) is 0 Å². The summed E-state index contributed by atoms with van der Waals surface area (Å²) in [7, 11) is 0. The summed E-state index contributed by atoms with van der Waals surface area (Å²) in [6, 6.07) is 1.85. The van der Waals surface area contributed by atoms with Crippen molar-refractivity contribution in [2.75, 3.05) is 4.90 Å². The van der Waals surface area contributed by atoms with Gasteiger partial charge in [-0.25, -0.2) is 14.0 Å². The molecule has 0 spiro atoms. The number of halogens is 1. The number of nitro benzene ring substituents is 1. The second-order valence-corrected chi connectivity index (χ2v) is 7.40. The largest absolute Gasteiger partial charge is 0.464 e. The molecule has 0 unspecified atom stereocenters. The molecule has 138 valence electrons. The van der Waals surface area contributed by atoms with Gasteiger partial charge < -0.3 is 9.84 Å². The minimum absolute atomic E-state index is 0.0968. The molecule has 25 heavy (non-hydrogen) atoms. The van der Waals surface area contributed by atoms with Crippen LogP contribution in [0, 0.1) is 15.9 Å². The van der Waals surface area contributed by atoms with Gasteiger partial charge in [0.1, 0.15) is 5.60 Å². The number of carbonyl (C=O) groups excluding carboxylic acids is 1. The summed E-state index contributed by atoms with van der Waals surface area (Å²) in [5.74, 6) is -1.16. The first-order chi connectivity index (χ1) is 11.2. The fourth-order valence-corrected chi connectivity index (χ4v) is 2.18. The number of carboxylic acid groups (broad SMARTS) is 1. The maximum atomic E-state index is 15.0. The summed E-state index contributed by atoms with van der Waals surface area (Å²) in [4.78, 5) is 34.2. The normalized spacial score (nSPS) is 11.8. The molecule has 0 saturated carbocycles. The van der Waals surface area contributed by atoms with Gasteiger partial charge in [-0.2, -0.15) is 4.90 Å². The molecule has 1 rings (SSSR count). The van der Waals surface area contributed by atoms with Gasteiger partial charge in [0, 0.05) is 6.07 Å². The molecule has 1 aromatic rings. The molecule has 0 aromatic heterocycles. The lowest BCUT2D eigenvalue weighted by Crippen LogP contribution is -2.41. The van der Waals surface area contributed by atoms with Crippen LogP contribution in [0.3, 0.4) is 0 Å². The summed E-state index contributed by atoms with van der Waals surface area (Å²) in [5.41, 5.74) is -3.43. The van der Waals surface area contributed by atoms with Crippen LogP contribution in [0.15, 0.2) is 12.1 Å². The number of carbonyl (C=O) groups is 2. The first-order valence-electron chi connectivity index (χ1n) is 7.40. The first kappa shape index (κ1) is 20.3. The Kier molecular flexibility index (Phi) is 5.41. The maximum Gasteiger partial charge on any atom is 0.424 e. The third-order valence-corrected chi connectivity index (χ3v) is 3.05. The van der Waals surface area contributed by atoms with E-state index in [1.54, 1.807) is 20.8 Å². The van der Waals surface area contributed by atoms with E-state index in [0.717, 1.165) is 12.1 Å². The predicted octanol–water partition coefficient (Wildman–Crippen LogP) is 4.45. The number of hydrogen-bond donors (Lipinski definition) is 1. The average molecular weight is 356 g/mol. The lowest BCUT2D eigenvalue weighted by Gasteiger charge is -2.26. The molecule has 0 atom stereocenters. The molecule has 0 fully saturated rings. The molecule has 8 nitrogen and oxygen atoms in total. The van der Waals surface area contributed by atoms with Crippen LogP contribution in [0.25, 0.3) is 0 Å². The van der Waals surface area contributed by atoms with Crippen LogP contribution in [-0.2, 0) is 10.2 Å². The molecule has 2 amide bonds. The van der Waals surface area contributed by atoms with Crippen molar-refractivity contribution in [2.24, 2.45) is 0 Å². The van der Waals surface area contributed by atoms with Gasteiger partial charge in [0.15, 0.2) is 5.82 Å².